The highest BCUT2D eigenvalue weighted by atomic mass is 32.2. The molecule has 0 aliphatic heterocycles. The lowest BCUT2D eigenvalue weighted by molar-refractivity contribution is 0.102. The standard InChI is InChI=1S/C20H21N3O5S/c1-4-27-16-9-5-15(6-10-16)19-22-23-20(28-19)21-18(24)14-7-11-17(12-8-14)29(25,26)13(2)3/h5-13H,4H2,1-3H3,(H,21,23,24). The molecule has 8 nitrogen and oxygen atoms in total. The fourth-order valence-electron chi connectivity index (χ4n) is 2.49. The molecular formula is C20H21N3O5S. The molecule has 1 heterocycles. The number of anilines is 1. The second kappa shape index (κ2) is 8.44. The minimum atomic E-state index is -3.39. The molecule has 0 aliphatic carbocycles. The first-order valence-electron chi connectivity index (χ1n) is 9.03. The maximum absolute atomic E-state index is 12.4. The van der Waals surface area contributed by atoms with Crippen molar-refractivity contribution in [1.82, 2.24) is 10.2 Å². The minimum absolute atomic E-state index is 0.0576. The first-order chi connectivity index (χ1) is 13.8. The van der Waals surface area contributed by atoms with E-state index in [0.717, 1.165) is 5.75 Å². The average molecular weight is 415 g/mol. The monoisotopic (exact) mass is 415 g/mol. The van der Waals surface area contributed by atoms with Gasteiger partial charge in [-0.2, -0.15) is 0 Å². The third-order valence-electron chi connectivity index (χ3n) is 4.12. The van der Waals surface area contributed by atoms with Crippen molar-refractivity contribution in [2.75, 3.05) is 11.9 Å². The van der Waals surface area contributed by atoms with Gasteiger partial charge in [-0.05, 0) is 69.3 Å². The van der Waals surface area contributed by atoms with Crippen LogP contribution in [-0.2, 0) is 9.84 Å². The van der Waals surface area contributed by atoms with Crippen molar-refractivity contribution in [2.24, 2.45) is 0 Å². The summed E-state index contributed by atoms with van der Waals surface area (Å²) < 4.78 is 35.2. The molecule has 0 bridgehead atoms. The molecule has 1 N–H and O–H groups in total. The fraction of sp³-hybridized carbons (Fsp3) is 0.250. The summed E-state index contributed by atoms with van der Waals surface area (Å²) >= 11 is 0. The van der Waals surface area contributed by atoms with Gasteiger partial charge < -0.3 is 9.15 Å². The highest BCUT2D eigenvalue weighted by Gasteiger charge is 2.20. The van der Waals surface area contributed by atoms with Crippen LogP contribution in [-0.4, -0.2) is 36.4 Å². The molecule has 0 spiro atoms. The topological polar surface area (TPSA) is 111 Å². The van der Waals surface area contributed by atoms with E-state index in [1.807, 2.05) is 6.92 Å². The molecule has 3 rings (SSSR count). The molecule has 1 aromatic heterocycles. The molecule has 29 heavy (non-hydrogen) atoms. The second-order valence-electron chi connectivity index (χ2n) is 6.44. The van der Waals surface area contributed by atoms with Crippen molar-refractivity contribution in [3.05, 3.63) is 54.1 Å². The van der Waals surface area contributed by atoms with E-state index in [4.69, 9.17) is 9.15 Å². The quantitative estimate of drug-likeness (QED) is 0.628. The SMILES string of the molecule is CCOc1ccc(-c2nnc(NC(=O)c3ccc(S(=O)(=O)C(C)C)cc3)o2)cc1. The van der Waals surface area contributed by atoms with Crippen LogP contribution in [0.1, 0.15) is 31.1 Å². The van der Waals surface area contributed by atoms with Crippen molar-refractivity contribution in [3.63, 3.8) is 0 Å². The number of ether oxygens (including phenoxy) is 1. The molecule has 0 saturated carbocycles. The van der Waals surface area contributed by atoms with E-state index in [-0.39, 0.29) is 22.4 Å². The first kappa shape index (κ1) is 20.5. The Kier molecular flexibility index (Phi) is 5.97. The highest BCUT2D eigenvalue weighted by Crippen LogP contribution is 2.23. The first-order valence-corrected chi connectivity index (χ1v) is 10.6. The average Bonchev–Trinajstić information content (AvgIpc) is 3.17. The van der Waals surface area contributed by atoms with Gasteiger partial charge in [0.15, 0.2) is 9.84 Å². The van der Waals surface area contributed by atoms with Crippen LogP contribution in [0.3, 0.4) is 0 Å². The maximum atomic E-state index is 12.4. The van der Waals surface area contributed by atoms with Crippen LogP contribution in [0.4, 0.5) is 6.01 Å². The number of hydrogen-bond acceptors (Lipinski definition) is 7. The van der Waals surface area contributed by atoms with Crippen LogP contribution in [0.25, 0.3) is 11.5 Å². The summed E-state index contributed by atoms with van der Waals surface area (Å²) in [7, 11) is -3.39. The Morgan fingerprint density at radius 1 is 1.07 bits per heavy atom. The number of hydrogen-bond donors (Lipinski definition) is 1. The van der Waals surface area contributed by atoms with Crippen LogP contribution < -0.4 is 10.1 Å². The van der Waals surface area contributed by atoms with Crippen LogP contribution in [0.15, 0.2) is 57.8 Å². The van der Waals surface area contributed by atoms with Gasteiger partial charge in [0, 0.05) is 11.1 Å². The fourth-order valence-corrected chi connectivity index (χ4v) is 3.55. The molecular weight excluding hydrogens is 394 g/mol. The lowest BCUT2D eigenvalue weighted by atomic mass is 10.2. The van der Waals surface area contributed by atoms with Gasteiger partial charge in [-0.1, -0.05) is 5.10 Å². The largest absolute Gasteiger partial charge is 0.494 e. The highest BCUT2D eigenvalue weighted by molar-refractivity contribution is 7.92. The lowest BCUT2D eigenvalue weighted by Crippen LogP contribution is -2.15. The predicted octanol–water partition coefficient (Wildman–Crippen LogP) is 3.57. The van der Waals surface area contributed by atoms with Crippen LogP contribution >= 0.6 is 0 Å². The molecule has 0 atom stereocenters. The molecule has 1 amide bonds. The second-order valence-corrected chi connectivity index (χ2v) is 8.95. The van der Waals surface area contributed by atoms with E-state index in [9.17, 15) is 13.2 Å². The summed E-state index contributed by atoms with van der Waals surface area (Å²) in [6.45, 7) is 5.68. The van der Waals surface area contributed by atoms with E-state index >= 15 is 0 Å². The zero-order chi connectivity index (χ0) is 21.0. The summed E-state index contributed by atoms with van der Waals surface area (Å²) in [5.74, 6) is 0.495. The van der Waals surface area contributed by atoms with Crippen molar-refractivity contribution in [3.8, 4) is 17.2 Å². The van der Waals surface area contributed by atoms with Gasteiger partial charge in [-0.15, -0.1) is 5.10 Å². The number of carbonyl (C=O) groups is 1. The Morgan fingerprint density at radius 3 is 2.31 bits per heavy atom. The van der Waals surface area contributed by atoms with E-state index in [1.165, 1.54) is 24.3 Å². The summed E-state index contributed by atoms with van der Waals surface area (Å²) in [5, 5.41) is 9.71. The number of nitrogens with one attached hydrogen (secondary N) is 1. The van der Waals surface area contributed by atoms with Crippen LogP contribution in [0.2, 0.25) is 0 Å². The van der Waals surface area contributed by atoms with E-state index < -0.39 is 21.0 Å². The van der Waals surface area contributed by atoms with Gasteiger partial charge >= 0.3 is 6.01 Å². The van der Waals surface area contributed by atoms with Gasteiger partial charge in [-0.25, -0.2) is 8.42 Å². The molecule has 0 aliphatic rings. The van der Waals surface area contributed by atoms with E-state index in [0.29, 0.717) is 12.2 Å². The Hall–Kier alpha value is -3.20. The Balaban J connectivity index is 1.70. The number of nitrogens with zero attached hydrogens (tertiary/aromatic N) is 2. The number of amides is 1. The lowest BCUT2D eigenvalue weighted by Gasteiger charge is -2.08. The van der Waals surface area contributed by atoms with Gasteiger partial charge in [0.25, 0.3) is 5.91 Å². The van der Waals surface area contributed by atoms with E-state index in [1.54, 1.807) is 38.1 Å². The van der Waals surface area contributed by atoms with Crippen molar-refractivity contribution in [2.45, 2.75) is 30.9 Å². The Labute approximate surface area is 168 Å². The third-order valence-corrected chi connectivity index (χ3v) is 6.29. The molecule has 9 heteroatoms. The molecule has 3 aromatic rings. The van der Waals surface area contributed by atoms with Gasteiger partial charge in [-0.3, -0.25) is 10.1 Å². The summed E-state index contributed by atoms with van der Waals surface area (Å²) in [6, 6.07) is 12.8. The van der Waals surface area contributed by atoms with Crippen LogP contribution in [0.5, 0.6) is 5.75 Å². The smallest absolute Gasteiger partial charge is 0.322 e. The number of rotatable bonds is 7. The van der Waals surface area contributed by atoms with Crippen molar-refractivity contribution >= 4 is 21.8 Å². The zero-order valence-electron chi connectivity index (χ0n) is 16.2. The Bertz CT molecular complexity index is 1090. The summed E-state index contributed by atoms with van der Waals surface area (Å²) in [5.41, 5.74) is 0.957. The maximum Gasteiger partial charge on any atom is 0.322 e. The number of carbonyl (C=O) groups excluding carboxylic acids is 1. The molecule has 0 radical (unpaired) electrons. The van der Waals surface area contributed by atoms with Crippen LogP contribution in [0, 0.1) is 0 Å². The van der Waals surface area contributed by atoms with Crippen molar-refractivity contribution < 1.29 is 22.4 Å². The number of benzene rings is 2. The zero-order valence-corrected chi connectivity index (χ0v) is 17.1. The normalized spacial score (nSPS) is 11.4. The summed E-state index contributed by atoms with van der Waals surface area (Å²) in [6.07, 6.45) is 0. The molecule has 152 valence electrons. The molecule has 0 saturated heterocycles. The molecule has 0 fully saturated rings. The van der Waals surface area contributed by atoms with Crippen molar-refractivity contribution in [1.29, 1.82) is 0 Å². The molecule has 2 aromatic carbocycles. The summed E-state index contributed by atoms with van der Waals surface area (Å²) in [4.78, 5) is 12.5. The minimum Gasteiger partial charge on any atom is -0.494 e. The third kappa shape index (κ3) is 4.62. The number of sulfone groups is 1. The predicted molar refractivity (Wildman–Crippen MR) is 108 cm³/mol. The van der Waals surface area contributed by atoms with Gasteiger partial charge in [0.2, 0.25) is 5.89 Å². The van der Waals surface area contributed by atoms with Gasteiger partial charge in [0.05, 0.1) is 16.8 Å². The Morgan fingerprint density at radius 2 is 1.72 bits per heavy atom. The number of aromatic nitrogens is 2. The van der Waals surface area contributed by atoms with E-state index in [2.05, 4.69) is 15.5 Å². The van der Waals surface area contributed by atoms with Gasteiger partial charge in [0.1, 0.15) is 5.75 Å². The molecule has 0 unspecified atom stereocenters.